The minimum atomic E-state index is -0.749. The number of aliphatic hydroxyl groups excluding tert-OH is 1. The highest BCUT2D eigenvalue weighted by molar-refractivity contribution is 5.77. The first-order valence-corrected chi connectivity index (χ1v) is 12.7. The third-order valence-corrected chi connectivity index (χ3v) is 6.18. The average Bonchev–Trinajstić information content (AvgIpc) is 3.15. The molecule has 36 heavy (non-hydrogen) atoms. The number of aliphatic hydroxyl groups is 1. The molecule has 1 heterocycles. The number of hydrogen-bond acceptors (Lipinski definition) is 6. The van der Waals surface area contributed by atoms with E-state index in [1.165, 1.54) is 0 Å². The van der Waals surface area contributed by atoms with Crippen molar-refractivity contribution in [2.24, 2.45) is 5.92 Å². The minimum absolute atomic E-state index is 0.141. The number of benzene rings is 2. The van der Waals surface area contributed by atoms with E-state index in [9.17, 15) is 14.7 Å². The van der Waals surface area contributed by atoms with Crippen molar-refractivity contribution >= 4 is 12.1 Å². The van der Waals surface area contributed by atoms with Gasteiger partial charge in [0.1, 0.15) is 18.2 Å². The second-order valence-electron chi connectivity index (χ2n) is 10.9. The monoisotopic (exact) mass is 496 g/mol. The lowest BCUT2D eigenvalue weighted by molar-refractivity contribution is -0.161. The van der Waals surface area contributed by atoms with Gasteiger partial charge in [0.05, 0.1) is 18.2 Å². The van der Waals surface area contributed by atoms with Crippen molar-refractivity contribution in [3.8, 4) is 0 Å². The van der Waals surface area contributed by atoms with Gasteiger partial charge in [0.2, 0.25) is 0 Å². The van der Waals surface area contributed by atoms with Crippen LogP contribution < -0.4 is 5.32 Å². The number of carbonyl (C=O) groups excluding carboxylic acids is 2. The maximum Gasteiger partial charge on any atom is 0.407 e. The van der Waals surface area contributed by atoms with Crippen molar-refractivity contribution in [1.29, 1.82) is 0 Å². The molecule has 0 radical (unpaired) electrons. The summed E-state index contributed by atoms with van der Waals surface area (Å²) >= 11 is 0. The Kier molecular flexibility index (Phi) is 9.51. The molecule has 0 aromatic heterocycles. The SMILES string of the molecule is CC(C)CC(O)C1[C@H](NC(=O)OCc2ccccc2)C[C@H](C(=O)OC(C)(C)C)N1Cc1ccccc1. The number of ether oxygens (including phenoxy) is 2. The Bertz CT molecular complexity index is 974. The van der Waals surface area contributed by atoms with Crippen LogP contribution in [0.25, 0.3) is 0 Å². The summed E-state index contributed by atoms with van der Waals surface area (Å²) in [4.78, 5) is 28.1. The van der Waals surface area contributed by atoms with Crippen LogP contribution in [0.2, 0.25) is 0 Å². The van der Waals surface area contributed by atoms with E-state index in [4.69, 9.17) is 9.47 Å². The Labute approximate surface area is 214 Å². The number of hydrogen-bond donors (Lipinski definition) is 2. The van der Waals surface area contributed by atoms with Gasteiger partial charge in [-0.15, -0.1) is 0 Å². The van der Waals surface area contributed by atoms with Gasteiger partial charge in [0, 0.05) is 6.54 Å². The van der Waals surface area contributed by atoms with Crippen LogP contribution in [0.5, 0.6) is 0 Å². The zero-order chi connectivity index (χ0) is 26.3. The molecule has 7 nitrogen and oxygen atoms in total. The Balaban J connectivity index is 1.85. The Hall–Kier alpha value is -2.90. The number of nitrogens with zero attached hydrogens (tertiary/aromatic N) is 1. The van der Waals surface area contributed by atoms with Gasteiger partial charge in [0.25, 0.3) is 0 Å². The van der Waals surface area contributed by atoms with Crippen LogP contribution in [0.1, 0.15) is 58.6 Å². The van der Waals surface area contributed by atoms with Crippen LogP contribution in [0.3, 0.4) is 0 Å². The number of likely N-dealkylation sites (tertiary alicyclic amines) is 1. The summed E-state index contributed by atoms with van der Waals surface area (Å²) in [6, 6.07) is 17.7. The van der Waals surface area contributed by atoms with Crippen LogP contribution in [0.15, 0.2) is 60.7 Å². The van der Waals surface area contributed by atoms with Gasteiger partial charge in [-0.2, -0.15) is 0 Å². The van der Waals surface area contributed by atoms with Crippen LogP contribution in [-0.4, -0.2) is 51.9 Å². The summed E-state index contributed by atoms with van der Waals surface area (Å²) in [6.07, 6.45) is -0.466. The predicted molar refractivity (Wildman–Crippen MR) is 139 cm³/mol. The summed E-state index contributed by atoms with van der Waals surface area (Å²) in [7, 11) is 0. The molecule has 2 aromatic rings. The van der Waals surface area contributed by atoms with Gasteiger partial charge < -0.3 is 19.9 Å². The molecular formula is C29H40N2O5. The maximum absolute atomic E-state index is 13.3. The number of nitrogens with one attached hydrogen (secondary N) is 1. The summed E-state index contributed by atoms with van der Waals surface area (Å²) in [5.41, 5.74) is 1.25. The molecule has 1 fully saturated rings. The Morgan fingerprint density at radius 3 is 2.17 bits per heavy atom. The van der Waals surface area contributed by atoms with Crippen molar-refractivity contribution in [1.82, 2.24) is 10.2 Å². The molecular weight excluding hydrogens is 456 g/mol. The topological polar surface area (TPSA) is 88.1 Å². The summed E-state index contributed by atoms with van der Waals surface area (Å²) in [5, 5.41) is 14.3. The molecule has 2 aromatic carbocycles. The fourth-order valence-corrected chi connectivity index (χ4v) is 4.74. The van der Waals surface area contributed by atoms with Crippen molar-refractivity contribution in [3.05, 3.63) is 71.8 Å². The van der Waals surface area contributed by atoms with E-state index in [-0.39, 0.29) is 18.5 Å². The lowest BCUT2D eigenvalue weighted by Crippen LogP contribution is -2.53. The van der Waals surface area contributed by atoms with E-state index < -0.39 is 35.9 Å². The number of amides is 1. The van der Waals surface area contributed by atoms with Crippen LogP contribution in [0.4, 0.5) is 4.79 Å². The third-order valence-electron chi connectivity index (χ3n) is 6.18. The first-order chi connectivity index (χ1) is 17.0. The molecule has 0 saturated carbocycles. The fraction of sp³-hybridized carbons (Fsp3) is 0.517. The zero-order valence-corrected chi connectivity index (χ0v) is 22.0. The van der Waals surface area contributed by atoms with E-state index in [2.05, 4.69) is 5.32 Å². The predicted octanol–water partition coefficient (Wildman–Crippen LogP) is 4.67. The van der Waals surface area contributed by atoms with Gasteiger partial charge in [-0.05, 0) is 50.7 Å². The second-order valence-corrected chi connectivity index (χ2v) is 10.9. The molecule has 0 aliphatic carbocycles. The normalized spacial score (nSPS) is 21.2. The van der Waals surface area contributed by atoms with Gasteiger partial charge in [0.15, 0.2) is 0 Å². The molecule has 196 valence electrons. The van der Waals surface area contributed by atoms with Gasteiger partial charge in [-0.3, -0.25) is 9.69 Å². The van der Waals surface area contributed by atoms with Crippen molar-refractivity contribution < 1.29 is 24.2 Å². The van der Waals surface area contributed by atoms with E-state index in [1.54, 1.807) is 0 Å². The first-order valence-electron chi connectivity index (χ1n) is 12.7. The van der Waals surface area contributed by atoms with Crippen molar-refractivity contribution in [3.63, 3.8) is 0 Å². The highest BCUT2D eigenvalue weighted by Crippen LogP contribution is 2.33. The number of alkyl carbamates (subject to hydrolysis) is 1. The molecule has 3 rings (SSSR count). The molecule has 4 atom stereocenters. The molecule has 7 heteroatoms. The van der Waals surface area contributed by atoms with E-state index in [0.717, 1.165) is 11.1 Å². The molecule has 2 N–H and O–H groups in total. The lowest BCUT2D eigenvalue weighted by atomic mass is 9.95. The first kappa shape index (κ1) is 27.7. The molecule has 1 aliphatic rings. The molecule has 1 amide bonds. The molecule has 0 spiro atoms. The van der Waals surface area contributed by atoms with Gasteiger partial charge >= 0.3 is 12.1 Å². The standard InChI is InChI=1S/C29H40N2O5/c1-20(2)16-25(32)26-23(30-28(34)35-19-22-14-10-7-11-15-22)17-24(27(33)36-29(3,4)5)31(26)18-21-12-8-6-9-13-21/h6-15,20,23-26,32H,16-19H2,1-5H3,(H,30,34)/t23-,24-,25?,26?/m1/s1. The third kappa shape index (κ3) is 8.07. The summed E-state index contributed by atoms with van der Waals surface area (Å²) in [5.74, 6) is -0.119. The van der Waals surface area contributed by atoms with E-state index in [1.807, 2.05) is 100 Å². The average molecular weight is 497 g/mol. The highest BCUT2D eigenvalue weighted by atomic mass is 16.6. The van der Waals surface area contributed by atoms with Gasteiger partial charge in [-0.1, -0.05) is 74.5 Å². The largest absolute Gasteiger partial charge is 0.459 e. The molecule has 1 aliphatic heterocycles. The summed E-state index contributed by atoms with van der Waals surface area (Å²) < 4.78 is 11.2. The van der Waals surface area contributed by atoms with Crippen molar-refractivity contribution in [2.45, 2.75) is 90.4 Å². The Morgan fingerprint density at radius 1 is 1.03 bits per heavy atom. The number of rotatable bonds is 9. The van der Waals surface area contributed by atoms with Crippen molar-refractivity contribution in [2.75, 3.05) is 0 Å². The zero-order valence-electron chi connectivity index (χ0n) is 22.0. The lowest BCUT2D eigenvalue weighted by Gasteiger charge is -2.35. The molecule has 2 unspecified atom stereocenters. The fourth-order valence-electron chi connectivity index (χ4n) is 4.74. The number of esters is 1. The molecule has 0 bridgehead atoms. The smallest absolute Gasteiger partial charge is 0.407 e. The van der Waals surface area contributed by atoms with Crippen LogP contribution in [-0.2, 0) is 27.4 Å². The van der Waals surface area contributed by atoms with Gasteiger partial charge in [-0.25, -0.2) is 4.79 Å². The minimum Gasteiger partial charge on any atom is -0.459 e. The van der Waals surface area contributed by atoms with Crippen LogP contribution in [0, 0.1) is 5.92 Å². The molecule has 1 saturated heterocycles. The highest BCUT2D eigenvalue weighted by Gasteiger charge is 2.49. The maximum atomic E-state index is 13.3. The second kappa shape index (κ2) is 12.4. The van der Waals surface area contributed by atoms with E-state index in [0.29, 0.717) is 19.4 Å². The summed E-state index contributed by atoms with van der Waals surface area (Å²) in [6.45, 7) is 10.2. The van der Waals surface area contributed by atoms with E-state index >= 15 is 0 Å². The number of carbonyl (C=O) groups is 2. The Morgan fingerprint density at radius 2 is 1.61 bits per heavy atom. The van der Waals surface area contributed by atoms with Crippen LogP contribution >= 0.6 is 0 Å². The quantitative estimate of drug-likeness (QED) is 0.491.